The largest absolute Gasteiger partial charge is 0.524 e. The maximum absolute atomic E-state index is 13.2. The highest BCUT2D eigenvalue weighted by molar-refractivity contribution is 7.46. The molecule has 12 heteroatoms. The van der Waals surface area contributed by atoms with Crippen LogP contribution in [-0.2, 0) is 4.57 Å². The molecule has 1 fully saturated rings. The molecule has 0 radical (unpaired) electrons. The van der Waals surface area contributed by atoms with Crippen LogP contribution in [-0.4, -0.2) is 58.4 Å². The zero-order valence-corrected chi connectivity index (χ0v) is 19.5. The van der Waals surface area contributed by atoms with E-state index in [9.17, 15) is 29.4 Å². The van der Waals surface area contributed by atoms with E-state index in [1.807, 2.05) is 11.9 Å². The monoisotopic (exact) mass is 493 g/mol. The summed E-state index contributed by atoms with van der Waals surface area (Å²) in [5.74, 6) is -1.48. The van der Waals surface area contributed by atoms with Crippen molar-refractivity contribution in [2.45, 2.75) is 17.8 Å². The topological polar surface area (TPSA) is 141 Å². The van der Waals surface area contributed by atoms with E-state index >= 15 is 0 Å². The molecule has 174 valence electrons. The van der Waals surface area contributed by atoms with Crippen LogP contribution in [0.5, 0.6) is 11.5 Å². The molecule has 0 aliphatic carbocycles. The number of β-amino-alcohol motifs (C(OH)–C–C–N with tert-alkyl or cyclic N) is 1. The fraction of sp³-hybridized carbons (Fsp3) is 0.286. The van der Waals surface area contributed by atoms with Crippen molar-refractivity contribution in [3.8, 4) is 22.8 Å². The Morgan fingerprint density at radius 1 is 1.30 bits per heavy atom. The number of likely N-dealkylation sites (tertiary alicyclic amines) is 1. The Bertz CT molecular complexity index is 1340. The summed E-state index contributed by atoms with van der Waals surface area (Å²) < 4.78 is 22.3. The first-order chi connectivity index (χ1) is 15.4. The summed E-state index contributed by atoms with van der Waals surface area (Å²) in [4.78, 5) is 33.7. The fourth-order valence-corrected chi connectivity index (χ4v) is 5.12. The van der Waals surface area contributed by atoms with Gasteiger partial charge in [0.1, 0.15) is 36.1 Å². The number of piperidine rings is 1. The third-order valence-corrected chi connectivity index (χ3v) is 6.59. The molecule has 9 nitrogen and oxygen atoms in total. The maximum Gasteiger partial charge on any atom is 0.524 e. The zero-order valence-electron chi connectivity index (χ0n) is 17.9. The Hall–Kier alpha value is -2.33. The number of aliphatic hydroxyl groups is 1. The number of fused-ring (bicyclic) bond motifs is 1. The van der Waals surface area contributed by atoms with Gasteiger partial charge in [-0.2, -0.15) is 0 Å². The van der Waals surface area contributed by atoms with E-state index in [0.29, 0.717) is 30.1 Å². The van der Waals surface area contributed by atoms with Gasteiger partial charge in [-0.25, -0.2) is 4.57 Å². The number of phosphoric ester groups is 1. The van der Waals surface area contributed by atoms with Crippen LogP contribution in [0.15, 0.2) is 45.6 Å². The van der Waals surface area contributed by atoms with Crippen LogP contribution < -0.4 is 9.95 Å². The Balaban J connectivity index is 2.06. The average Bonchev–Trinajstić information content (AvgIpc) is 2.67. The molecule has 2 aromatic carbocycles. The Morgan fingerprint density at radius 2 is 2.00 bits per heavy atom. The molecule has 3 aromatic rings. The smallest absolute Gasteiger partial charge is 0.507 e. The van der Waals surface area contributed by atoms with Crippen molar-refractivity contribution < 1.29 is 33.5 Å². The summed E-state index contributed by atoms with van der Waals surface area (Å²) in [6.45, 7) is 0.907. The van der Waals surface area contributed by atoms with Crippen LogP contribution in [0.3, 0.4) is 0 Å². The predicted octanol–water partition coefficient (Wildman–Crippen LogP) is 2.03. The minimum atomic E-state index is -5.06. The minimum absolute atomic E-state index is 0.0969. The summed E-state index contributed by atoms with van der Waals surface area (Å²) in [7, 11) is -1.58. The molecule has 1 aromatic heterocycles. The van der Waals surface area contributed by atoms with Crippen LogP contribution >= 0.6 is 19.4 Å². The summed E-state index contributed by atoms with van der Waals surface area (Å²) in [6, 6.07) is 8.80. The number of halogens is 1. The Morgan fingerprint density at radius 3 is 2.64 bits per heavy atom. The first-order valence-electron chi connectivity index (χ1n) is 10.1. The molecule has 2 atom stereocenters. The van der Waals surface area contributed by atoms with Crippen LogP contribution in [0.4, 0.5) is 0 Å². The number of aromatic hydroxyl groups is 1. The van der Waals surface area contributed by atoms with E-state index in [0.717, 1.165) is 12.1 Å². The molecule has 2 heterocycles. The van der Waals surface area contributed by atoms with E-state index in [2.05, 4.69) is 0 Å². The van der Waals surface area contributed by atoms with Crippen molar-refractivity contribution in [3.63, 3.8) is 0 Å². The third-order valence-electron chi connectivity index (χ3n) is 5.83. The predicted molar refractivity (Wildman–Crippen MR) is 126 cm³/mol. The zero-order chi connectivity index (χ0) is 24.1. The lowest BCUT2D eigenvalue weighted by atomic mass is 9.65. The molecule has 0 saturated carbocycles. The van der Waals surface area contributed by atoms with E-state index in [4.69, 9.17) is 20.5 Å². The molecule has 4 rings (SSSR count). The molecule has 1 saturated heterocycles. The highest BCUT2D eigenvalue weighted by atomic mass is 35.5. The number of rotatable bonds is 4. The number of phenolic OH excluding ortho intramolecular Hbond substituents is 1. The first kappa shape index (κ1) is 23.8. The number of hydrogen-bond acceptors (Lipinski definition) is 7. The summed E-state index contributed by atoms with van der Waals surface area (Å²) in [5, 5.41) is 22.1. The minimum Gasteiger partial charge on any atom is -0.507 e. The fourth-order valence-electron chi connectivity index (χ4n) is 4.49. The van der Waals surface area contributed by atoms with Crippen LogP contribution in [0.25, 0.3) is 22.3 Å². The van der Waals surface area contributed by atoms with Crippen molar-refractivity contribution >= 4 is 38.2 Å². The molecule has 1 aliphatic heterocycles. The van der Waals surface area contributed by atoms with Gasteiger partial charge in [0.25, 0.3) is 0 Å². The van der Waals surface area contributed by atoms with Gasteiger partial charge in [-0.3, -0.25) is 14.6 Å². The summed E-state index contributed by atoms with van der Waals surface area (Å²) >= 11 is 6.28. The Kier molecular flexibility index (Phi) is 6.11. The van der Waals surface area contributed by atoms with E-state index in [1.165, 1.54) is 0 Å². The second kappa shape index (κ2) is 8.47. The molecule has 0 spiro atoms. The van der Waals surface area contributed by atoms with Crippen LogP contribution in [0.1, 0.15) is 17.9 Å². The van der Waals surface area contributed by atoms with Crippen LogP contribution in [0.2, 0.25) is 5.02 Å². The molecular formula is C21H22BClNO8P. The third kappa shape index (κ3) is 4.68. The normalized spacial score (nSPS) is 21.9. The van der Waals surface area contributed by atoms with E-state index < -0.39 is 36.2 Å². The summed E-state index contributed by atoms with van der Waals surface area (Å²) in [5.41, 5.74) is -1.49. The number of nitrogens with zero attached hydrogens (tertiary/aromatic N) is 1. The molecule has 4 N–H and O–H groups in total. The second-order valence-electron chi connectivity index (χ2n) is 8.48. The van der Waals surface area contributed by atoms with Gasteiger partial charge < -0.3 is 24.1 Å². The van der Waals surface area contributed by atoms with Crippen molar-refractivity contribution in [2.24, 2.45) is 0 Å². The van der Waals surface area contributed by atoms with Gasteiger partial charge in [0, 0.05) is 35.7 Å². The lowest BCUT2D eigenvalue weighted by Gasteiger charge is -2.42. The second-order valence-corrected chi connectivity index (χ2v) is 10.1. The van der Waals surface area contributed by atoms with Crippen LogP contribution in [0, 0.1) is 0 Å². The molecule has 2 unspecified atom stereocenters. The molecule has 33 heavy (non-hydrogen) atoms. The van der Waals surface area contributed by atoms with Gasteiger partial charge in [-0.05, 0) is 32.1 Å². The Labute approximate surface area is 194 Å². The molecular weight excluding hydrogens is 471 g/mol. The van der Waals surface area contributed by atoms with Crippen molar-refractivity contribution in [2.75, 3.05) is 20.1 Å². The number of benzene rings is 2. The van der Waals surface area contributed by atoms with Crippen molar-refractivity contribution in [3.05, 3.63) is 57.2 Å². The van der Waals surface area contributed by atoms with Gasteiger partial charge in [-0.1, -0.05) is 23.7 Å². The average molecular weight is 494 g/mol. The van der Waals surface area contributed by atoms with Gasteiger partial charge in [0.15, 0.2) is 5.43 Å². The van der Waals surface area contributed by atoms with E-state index in [1.54, 1.807) is 32.1 Å². The standard InChI is InChI=1S/C21H22BClNO8P/c1-24-7-6-12(21(22,27)10-24)18-14(25)9-17(32-33(28,29)30)19-15(26)8-16(31-20(18)19)11-4-2-3-5-13(11)23/h2-5,8-9,12,25,27H,6-7,10,22H2,1H3,(H2,28,29,30). The molecule has 1 aliphatic rings. The number of likely N-dealkylation sites (N-methyl/N-ethyl adjacent to an activating group) is 1. The lowest BCUT2D eigenvalue weighted by Crippen LogP contribution is -2.52. The summed E-state index contributed by atoms with van der Waals surface area (Å²) in [6.07, 6.45) is 0.435. The highest BCUT2D eigenvalue weighted by Gasteiger charge is 2.41. The number of phenols is 1. The lowest BCUT2D eigenvalue weighted by molar-refractivity contribution is 0.0260. The number of hydrogen-bond donors (Lipinski definition) is 4. The maximum atomic E-state index is 13.2. The van der Waals surface area contributed by atoms with Gasteiger partial charge in [0.2, 0.25) is 0 Å². The van der Waals surface area contributed by atoms with Crippen molar-refractivity contribution in [1.29, 1.82) is 0 Å². The van der Waals surface area contributed by atoms with Crippen molar-refractivity contribution in [1.82, 2.24) is 4.90 Å². The van der Waals surface area contributed by atoms with Gasteiger partial charge in [-0.15, -0.1) is 0 Å². The highest BCUT2D eigenvalue weighted by Crippen LogP contribution is 2.48. The van der Waals surface area contributed by atoms with E-state index in [-0.39, 0.29) is 22.3 Å². The SMILES string of the molecule is BC1(O)CN(C)CCC1c1c(O)cc(OP(=O)(O)O)c2c(=O)cc(-c3ccccc3Cl)oc12. The van der Waals surface area contributed by atoms with Gasteiger partial charge in [0.05, 0.1) is 10.5 Å². The van der Waals surface area contributed by atoms with Gasteiger partial charge >= 0.3 is 7.82 Å². The number of phosphoric acid groups is 1. The molecule has 0 amide bonds. The molecule has 0 bridgehead atoms. The quantitative estimate of drug-likeness (QED) is 0.317. The first-order valence-corrected chi connectivity index (χ1v) is 12.0.